The topological polar surface area (TPSA) is 55.4 Å². The summed E-state index contributed by atoms with van der Waals surface area (Å²) in [5.41, 5.74) is 0.327. The third-order valence-electron chi connectivity index (χ3n) is 1.84. The molecule has 0 bridgehead atoms. The van der Waals surface area contributed by atoms with Gasteiger partial charge < -0.3 is 4.74 Å². The molecule has 1 atom stereocenters. The maximum absolute atomic E-state index is 12.8. The number of benzene rings is 1. The Bertz CT molecular complexity index is 405. The van der Waals surface area contributed by atoms with Crippen LogP contribution >= 0.6 is 0 Å². The molecular formula is C9H6FNO3. The predicted molar refractivity (Wildman–Crippen MR) is 43.8 cm³/mol. The van der Waals surface area contributed by atoms with Gasteiger partial charge in [-0.1, -0.05) is 12.1 Å². The highest BCUT2D eigenvalue weighted by Gasteiger charge is 2.33. The van der Waals surface area contributed by atoms with Crippen molar-refractivity contribution < 1.29 is 18.7 Å². The van der Waals surface area contributed by atoms with Crippen molar-refractivity contribution in [1.29, 1.82) is 0 Å². The summed E-state index contributed by atoms with van der Waals surface area (Å²) in [4.78, 5) is 21.8. The minimum Gasteiger partial charge on any atom is -0.431 e. The zero-order valence-corrected chi connectivity index (χ0v) is 6.99. The fourth-order valence-electron chi connectivity index (χ4n) is 1.25. The molecule has 2 amide bonds. The Morgan fingerprint density at radius 1 is 1.36 bits per heavy atom. The molecule has 1 heterocycles. The Kier molecular flexibility index (Phi) is 1.92. The van der Waals surface area contributed by atoms with E-state index < -0.39 is 23.9 Å². The summed E-state index contributed by atoms with van der Waals surface area (Å²) in [5, 5.41) is 1.96. The van der Waals surface area contributed by atoms with Gasteiger partial charge in [-0.3, -0.25) is 10.1 Å². The molecule has 1 N–H and O–H groups in total. The third kappa shape index (κ3) is 1.44. The molecule has 0 unspecified atom stereocenters. The van der Waals surface area contributed by atoms with Crippen LogP contribution in [0.3, 0.4) is 0 Å². The average Bonchev–Trinajstić information content (AvgIpc) is 2.45. The first-order chi connectivity index (χ1) is 6.66. The number of carbonyl (C=O) groups excluding carboxylic acids is 2. The lowest BCUT2D eigenvalue weighted by atomic mass is 10.1. The second kappa shape index (κ2) is 3.10. The van der Waals surface area contributed by atoms with E-state index >= 15 is 0 Å². The molecule has 1 fully saturated rings. The fraction of sp³-hybridized carbons (Fsp3) is 0.111. The van der Waals surface area contributed by atoms with Gasteiger partial charge in [0.1, 0.15) is 5.82 Å². The Hall–Kier alpha value is -1.91. The van der Waals surface area contributed by atoms with Crippen molar-refractivity contribution in [3.8, 4) is 0 Å². The zero-order chi connectivity index (χ0) is 10.1. The molecule has 1 aromatic rings. The van der Waals surface area contributed by atoms with E-state index in [4.69, 9.17) is 0 Å². The van der Waals surface area contributed by atoms with Crippen molar-refractivity contribution in [2.24, 2.45) is 0 Å². The number of hydrogen-bond acceptors (Lipinski definition) is 3. The van der Waals surface area contributed by atoms with Crippen molar-refractivity contribution in [2.75, 3.05) is 0 Å². The van der Waals surface area contributed by atoms with Gasteiger partial charge in [-0.2, -0.15) is 0 Å². The molecule has 14 heavy (non-hydrogen) atoms. The van der Waals surface area contributed by atoms with Gasteiger partial charge in [0.05, 0.1) is 0 Å². The maximum Gasteiger partial charge on any atom is 0.415 e. The lowest BCUT2D eigenvalue weighted by molar-refractivity contribution is -0.123. The number of imide groups is 1. The zero-order valence-electron chi connectivity index (χ0n) is 6.99. The summed E-state index contributed by atoms with van der Waals surface area (Å²) < 4.78 is 17.4. The fourth-order valence-corrected chi connectivity index (χ4v) is 1.25. The van der Waals surface area contributed by atoms with Crippen molar-refractivity contribution in [2.45, 2.75) is 6.10 Å². The molecule has 4 nitrogen and oxygen atoms in total. The first-order valence-corrected chi connectivity index (χ1v) is 3.94. The quantitative estimate of drug-likeness (QED) is 0.730. The van der Waals surface area contributed by atoms with E-state index in [1.165, 1.54) is 18.2 Å². The highest BCUT2D eigenvalue weighted by molar-refractivity contribution is 6.00. The summed E-state index contributed by atoms with van der Waals surface area (Å²) in [6.45, 7) is 0. The van der Waals surface area contributed by atoms with E-state index in [1.54, 1.807) is 0 Å². The van der Waals surface area contributed by atoms with Gasteiger partial charge in [-0.05, 0) is 12.1 Å². The van der Waals surface area contributed by atoms with Gasteiger partial charge >= 0.3 is 6.09 Å². The molecule has 1 aliphatic rings. The number of rotatable bonds is 1. The molecule has 1 aliphatic heterocycles. The number of amides is 2. The lowest BCUT2D eigenvalue weighted by Gasteiger charge is -2.05. The number of hydrogen-bond donors (Lipinski definition) is 1. The number of ether oxygens (including phenoxy) is 1. The van der Waals surface area contributed by atoms with Crippen LogP contribution in [-0.2, 0) is 9.53 Å². The van der Waals surface area contributed by atoms with E-state index in [2.05, 4.69) is 4.74 Å². The summed E-state index contributed by atoms with van der Waals surface area (Å²) >= 11 is 0. The summed E-state index contributed by atoms with van der Waals surface area (Å²) in [6.07, 6.45) is -1.83. The highest BCUT2D eigenvalue weighted by atomic mass is 19.1. The Morgan fingerprint density at radius 2 is 2.14 bits per heavy atom. The van der Waals surface area contributed by atoms with Gasteiger partial charge in [-0.25, -0.2) is 9.18 Å². The second-order valence-corrected chi connectivity index (χ2v) is 2.83. The second-order valence-electron chi connectivity index (χ2n) is 2.83. The van der Waals surface area contributed by atoms with Crippen molar-refractivity contribution in [3.63, 3.8) is 0 Å². The summed E-state index contributed by atoms with van der Waals surface area (Å²) in [5.74, 6) is -1.04. The predicted octanol–water partition coefficient (Wildman–Crippen LogP) is 1.13. The van der Waals surface area contributed by atoms with Gasteiger partial charge in [0.15, 0.2) is 0 Å². The van der Waals surface area contributed by atoms with Crippen LogP contribution in [0.2, 0.25) is 0 Å². The van der Waals surface area contributed by atoms with Gasteiger partial charge in [0.25, 0.3) is 5.91 Å². The standard InChI is InChI=1S/C9H6FNO3/c10-6-3-1-2-5(4-6)7-8(12)11-9(13)14-7/h1-4,7H,(H,11,12,13)/t7-/m1/s1. The van der Waals surface area contributed by atoms with Gasteiger partial charge in [0.2, 0.25) is 6.10 Å². The Balaban J connectivity index is 2.31. The van der Waals surface area contributed by atoms with E-state index in [-0.39, 0.29) is 0 Å². The average molecular weight is 195 g/mol. The van der Waals surface area contributed by atoms with E-state index in [0.717, 1.165) is 6.07 Å². The molecule has 1 aromatic carbocycles. The van der Waals surface area contributed by atoms with Crippen LogP contribution in [0.1, 0.15) is 11.7 Å². The lowest BCUT2D eigenvalue weighted by Crippen LogP contribution is -2.20. The molecule has 0 radical (unpaired) electrons. The van der Waals surface area contributed by atoms with Crippen molar-refractivity contribution >= 4 is 12.0 Å². The minimum absolute atomic E-state index is 0.327. The number of halogens is 1. The SMILES string of the molecule is O=C1NC(=O)[C@@H](c2cccc(F)c2)O1. The van der Waals surface area contributed by atoms with Crippen LogP contribution in [0.15, 0.2) is 24.3 Å². The Labute approximate surface area is 78.7 Å². The third-order valence-corrected chi connectivity index (χ3v) is 1.84. The van der Waals surface area contributed by atoms with Crippen molar-refractivity contribution in [1.82, 2.24) is 5.32 Å². The number of carbonyl (C=O) groups is 2. The van der Waals surface area contributed by atoms with Crippen LogP contribution in [0.4, 0.5) is 9.18 Å². The smallest absolute Gasteiger partial charge is 0.415 e. The minimum atomic E-state index is -1.03. The Morgan fingerprint density at radius 3 is 2.71 bits per heavy atom. The molecule has 0 saturated carbocycles. The highest BCUT2D eigenvalue weighted by Crippen LogP contribution is 2.22. The first-order valence-electron chi connectivity index (χ1n) is 3.94. The monoisotopic (exact) mass is 195 g/mol. The summed E-state index contributed by atoms with van der Waals surface area (Å²) in [6, 6.07) is 5.37. The molecule has 0 aliphatic carbocycles. The molecule has 5 heteroatoms. The number of nitrogens with one attached hydrogen (secondary N) is 1. The van der Waals surface area contributed by atoms with Crippen LogP contribution in [-0.4, -0.2) is 12.0 Å². The molecule has 2 rings (SSSR count). The number of alkyl carbamates (subject to hydrolysis) is 1. The summed E-state index contributed by atoms with van der Waals surface area (Å²) in [7, 11) is 0. The van der Waals surface area contributed by atoms with E-state index in [1.807, 2.05) is 5.32 Å². The molecular weight excluding hydrogens is 189 g/mol. The molecule has 72 valence electrons. The number of cyclic esters (lactones) is 1. The molecule has 1 saturated heterocycles. The van der Waals surface area contributed by atoms with Crippen LogP contribution in [0, 0.1) is 5.82 Å². The normalized spacial score (nSPS) is 20.5. The van der Waals surface area contributed by atoms with Gasteiger partial charge in [0, 0.05) is 5.56 Å². The van der Waals surface area contributed by atoms with Crippen LogP contribution < -0.4 is 5.32 Å². The maximum atomic E-state index is 12.8. The van der Waals surface area contributed by atoms with Gasteiger partial charge in [-0.15, -0.1) is 0 Å². The van der Waals surface area contributed by atoms with E-state index in [9.17, 15) is 14.0 Å². The first kappa shape index (κ1) is 8.68. The van der Waals surface area contributed by atoms with Crippen molar-refractivity contribution in [3.05, 3.63) is 35.6 Å². The van der Waals surface area contributed by atoms with Crippen LogP contribution in [0.25, 0.3) is 0 Å². The molecule has 0 aromatic heterocycles. The molecule has 0 spiro atoms. The van der Waals surface area contributed by atoms with E-state index in [0.29, 0.717) is 5.56 Å². The largest absolute Gasteiger partial charge is 0.431 e. The van der Waals surface area contributed by atoms with Crippen LogP contribution in [0.5, 0.6) is 0 Å².